The van der Waals surface area contributed by atoms with E-state index in [0.717, 1.165) is 22.7 Å². The van der Waals surface area contributed by atoms with Crippen LogP contribution in [0, 0.1) is 5.92 Å². The Kier molecular flexibility index (Phi) is 7.62. The van der Waals surface area contributed by atoms with Crippen molar-refractivity contribution in [2.75, 3.05) is 6.54 Å². The van der Waals surface area contributed by atoms with Crippen molar-refractivity contribution < 1.29 is 4.79 Å². The van der Waals surface area contributed by atoms with Crippen LogP contribution in [0.5, 0.6) is 0 Å². The van der Waals surface area contributed by atoms with Crippen molar-refractivity contribution in [3.8, 4) is 0 Å². The van der Waals surface area contributed by atoms with Crippen LogP contribution in [-0.4, -0.2) is 18.5 Å². The minimum Gasteiger partial charge on any atom is -0.352 e. The van der Waals surface area contributed by atoms with Gasteiger partial charge in [-0.05, 0) is 43.2 Å². The molecule has 1 heterocycles. The first-order chi connectivity index (χ1) is 9.10. The summed E-state index contributed by atoms with van der Waals surface area (Å²) < 4.78 is 1.42. The molecule has 3 nitrogen and oxygen atoms in total. The first-order valence-corrected chi connectivity index (χ1v) is 8.10. The molecule has 1 aliphatic carbocycles. The monoisotopic (exact) mass is 356 g/mol. The Hall–Kier alpha value is -0.0000000000000000555. The average molecular weight is 358 g/mol. The summed E-state index contributed by atoms with van der Waals surface area (Å²) in [6, 6.07) is 2.03. The third kappa shape index (κ3) is 5.41. The van der Waals surface area contributed by atoms with E-state index in [0.29, 0.717) is 23.2 Å². The summed E-state index contributed by atoms with van der Waals surface area (Å²) in [7, 11) is 0. The van der Waals surface area contributed by atoms with Crippen LogP contribution in [0.1, 0.15) is 31.2 Å². The predicted octanol–water partition coefficient (Wildman–Crippen LogP) is 3.65. The molecule has 0 bridgehead atoms. The second-order valence-corrected chi connectivity index (χ2v) is 7.24. The van der Waals surface area contributed by atoms with Crippen molar-refractivity contribution in [2.45, 2.75) is 38.1 Å². The predicted molar refractivity (Wildman–Crippen MR) is 88.2 cm³/mol. The van der Waals surface area contributed by atoms with Crippen LogP contribution in [0.25, 0.3) is 0 Å². The quantitative estimate of drug-likeness (QED) is 0.782. The largest absolute Gasteiger partial charge is 0.352 e. The Balaban J connectivity index is 0.00000200. The van der Waals surface area contributed by atoms with E-state index in [2.05, 4.69) is 5.32 Å². The summed E-state index contributed by atoms with van der Waals surface area (Å²) >= 11 is 13.3. The Morgan fingerprint density at radius 2 is 2.20 bits per heavy atom. The van der Waals surface area contributed by atoms with Crippen LogP contribution in [0.4, 0.5) is 0 Å². The van der Waals surface area contributed by atoms with E-state index >= 15 is 0 Å². The number of aryl methyl sites for hydroxylation is 1. The van der Waals surface area contributed by atoms with Crippen molar-refractivity contribution >= 4 is 52.9 Å². The van der Waals surface area contributed by atoms with Gasteiger partial charge in [0, 0.05) is 19.0 Å². The van der Waals surface area contributed by atoms with Gasteiger partial charge in [0.05, 0.1) is 8.67 Å². The van der Waals surface area contributed by atoms with Crippen molar-refractivity contribution in [3.05, 3.63) is 20.3 Å². The van der Waals surface area contributed by atoms with E-state index in [-0.39, 0.29) is 24.4 Å². The lowest BCUT2D eigenvalue weighted by atomic mass is 10.1. The minimum absolute atomic E-state index is 0. The SMILES string of the molecule is Cl.NCC(NC(=O)CCCc1cc(Cl)sc1Cl)C1CC1. The number of rotatable bonds is 7. The van der Waals surface area contributed by atoms with Gasteiger partial charge in [-0.15, -0.1) is 23.7 Å². The molecule has 1 atom stereocenters. The number of carbonyl (C=O) groups is 1. The fraction of sp³-hybridized carbons (Fsp3) is 0.615. The first kappa shape index (κ1) is 18.1. The molecule has 1 amide bonds. The number of thiophene rings is 1. The number of amides is 1. The zero-order valence-corrected chi connectivity index (χ0v) is 14.2. The highest BCUT2D eigenvalue weighted by Gasteiger charge is 2.30. The zero-order chi connectivity index (χ0) is 13.8. The molecule has 0 aliphatic heterocycles. The van der Waals surface area contributed by atoms with E-state index < -0.39 is 0 Å². The third-order valence-corrected chi connectivity index (χ3v) is 4.94. The van der Waals surface area contributed by atoms with E-state index in [4.69, 9.17) is 28.9 Å². The molecule has 1 aliphatic rings. The molecule has 1 saturated carbocycles. The van der Waals surface area contributed by atoms with Crippen LogP contribution >= 0.6 is 46.9 Å². The van der Waals surface area contributed by atoms with Crippen LogP contribution in [0.3, 0.4) is 0 Å². The smallest absolute Gasteiger partial charge is 0.220 e. The molecule has 20 heavy (non-hydrogen) atoms. The van der Waals surface area contributed by atoms with E-state index in [1.54, 1.807) is 0 Å². The Bertz CT molecular complexity index is 449. The summed E-state index contributed by atoms with van der Waals surface area (Å²) in [4.78, 5) is 11.8. The topological polar surface area (TPSA) is 55.1 Å². The molecule has 0 saturated heterocycles. The Morgan fingerprint density at radius 3 is 2.70 bits per heavy atom. The summed E-state index contributed by atoms with van der Waals surface area (Å²) in [6.07, 6.45) is 4.44. The molecule has 7 heteroatoms. The van der Waals surface area contributed by atoms with Crippen LogP contribution in [0.15, 0.2) is 6.07 Å². The number of nitrogens with two attached hydrogens (primary N) is 1. The molecule has 114 valence electrons. The van der Waals surface area contributed by atoms with Gasteiger partial charge < -0.3 is 11.1 Å². The van der Waals surface area contributed by atoms with E-state index in [9.17, 15) is 4.79 Å². The number of hydrogen-bond donors (Lipinski definition) is 2. The molecule has 0 radical (unpaired) electrons. The number of nitrogens with one attached hydrogen (secondary N) is 1. The van der Waals surface area contributed by atoms with Crippen molar-refractivity contribution in [2.24, 2.45) is 11.7 Å². The summed E-state index contributed by atoms with van der Waals surface area (Å²) in [5.41, 5.74) is 6.69. The van der Waals surface area contributed by atoms with Crippen molar-refractivity contribution in [1.82, 2.24) is 5.32 Å². The highest BCUT2D eigenvalue weighted by molar-refractivity contribution is 7.20. The summed E-state index contributed by atoms with van der Waals surface area (Å²) in [5.74, 6) is 0.680. The van der Waals surface area contributed by atoms with Crippen LogP contribution < -0.4 is 11.1 Å². The van der Waals surface area contributed by atoms with Gasteiger partial charge in [0.1, 0.15) is 0 Å². The van der Waals surface area contributed by atoms with E-state index in [1.165, 1.54) is 24.2 Å². The van der Waals surface area contributed by atoms with Gasteiger partial charge in [-0.2, -0.15) is 0 Å². The van der Waals surface area contributed by atoms with Gasteiger partial charge in [-0.1, -0.05) is 23.2 Å². The highest BCUT2D eigenvalue weighted by Crippen LogP contribution is 2.33. The molecule has 3 N–H and O–H groups in total. The second kappa shape index (κ2) is 8.44. The van der Waals surface area contributed by atoms with Crippen molar-refractivity contribution in [3.63, 3.8) is 0 Å². The van der Waals surface area contributed by atoms with Gasteiger partial charge in [-0.25, -0.2) is 0 Å². The molecule has 0 spiro atoms. The summed E-state index contributed by atoms with van der Waals surface area (Å²) in [6.45, 7) is 0.530. The normalized spacial score (nSPS) is 15.6. The van der Waals surface area contributed by atoms with Crippen LogP contribution in [0.2, 0.25) is 8.67 Å². The maximum atomic E-state index is 11.8. The fourth-order valence-electron chi connectivity index (χ4n) is 2.13. The molecule has 1 fully saturated rings. The lowest BCUT2D eigenvalue weighted by Gasteiger charge is -2.15. The number of hydrogen-bond acceptors (Lipinski definition) is 3. The van der Waals surface area contributed by atoms with Gasteiger partial charge in [0.25, 0.3) is 0 Å². The Labute approximate surface area is 139 Å². The standard InChI is InChI=1S/C13H18Cl2N2OS.ClH/c14-11-6-9(13(15)19-11)2-1-3-12(18)17-10(7-16)8-4-5-8;/h6,8,10H,1-5,7,16H2,(H,17,18);1H. The van der Waals surface area contributed by atoms with Crippen molar-refractivity contribution in [1.29, 1.82) is 0 Å². The molecular formula is C13H19Cl3N2OS. The average Bonchev–Trinajstić information content (AvgIpc) is 3.14. The molecule has 2 rings (SSSR count). The lowest BCUT2D eigenvalue weighted by Crippen LogP contribution is -2.41. The van der Waals surface area contributed by atoms with Crippen LogP contribution in [-0.2, 0) is 11.2 Å². The molecule has 1 unspecified atom stereocenters. The molecule has 0 aromatic carbocycles. The van der Waals surface area contributed by atoms with Gasteiger partial charge >= 0.3 is 0 Å². The third-order valence-electron chi connectivity index (χ3n) is 3.37. The number of carbonyl (C=O) groups excluding carboxylic acids is 1. The fourth-order valence-corrected chi connectivity index (χ4v) is 3.68. The first-order valence-electron chi connectivity index (χ1n) is 6.53. The van der Waals surface area contributed by atoms with Gasteiger partial charge in [-0.3, -0.25) is 4.79 Å². The molecular weight excluding hydrogens is 339 g/mol. The summed E-state index contributed by atoms with van der Waals surface area (Å²) in [5, 5.41) is 3.01. The molecule has 1 aromatic heterocycles. The van der Waals surface area contributed by atoms with Gasteiger partial charge in [0.15, 0.2) is 0 Å². The second-order valence-electron chi connectivity index (χ2n) is 4.95. The lowest BCUT2D eigenvalue weighted by molar-refractivity contribution is -0.122. The maximum absolute atomic E-state index is 11.8. The maximum Gasteiger partial charge on any atom is 0.220 e. The van der Waals surface area contributed by atoms with E-state index in [1.807, 2.05) is 6.07 Å². The molecule has 1 aromatic rings. The van der Waals surface area contributed by atoms with Gasteiger partial charge in [0.2, 0.25) is 5.91 Å². The highest BCUT2D eigenvalue weighted by atomic mass is 35.5. The number of halogens is 3. The minimum atomic E-state index is 0. The zero-order valence-electron chi connectivity index (χ0n) is 11.0. The Morgan fingerprint density at radius 1 is 1.50 bits per heavy atom.